The summed E-state index contributed by atoms with van der Waals surface area (Å²) in [7, 11) is 0. The topological polar surface area (TPSA) is 54.9 Å². The largest absolute Gasteiger partial charge is 0.321 e. The van der Waals surface area contributed by atoms with Crippen molar-refractivity contribution < 1.29 is 4.79 Å². The van der Waals surface area contributed by atoms with Crippen LogP contribution in [0.2, 0.25) is 0 Å². The third-order valence-corrected chi connectivity index (χ3v) is 3.40. The fourth-order valence-electron chi connectivity index (χ4n) is 1.79. The minimum Gasteiger partial charge on any atom is -0.321 e. The molecule has 0 saturated heterocycles. The smallest absolute Gasteiger partial charge is 0.255 e. The lowest BCUT2D eigenvalue weighted by Crippen LogP contribution is -2.11. The van der Waals surface area contributed by atoms with Crippen molar-refractivity contribution in [3.05, 3.63) is 76.5 Å². The number of hydrogen-bond acceptors (Lipinski definition) is 4. The second kappa shape index (κ2) is 6.66. The zero-order valence-electron chi connectivity index (χ0n) is 11.5. The summed E-state index contributed by atoms with van der Waals surface area (Å²) in [5, 5.41) is 4.68. The first-order chi connectivity index (χ1) is 10.8. The standard InChI is InChI=1S/C17H11N3OS/c21-17(20-15-5-2-8-18-10-15)14-4-1-3-13(9-14)6-7-16-11-22-12-19-16/h1-5,8-12H,(H,20,21). The molecule has 1 aromatic carbocycles. The first kappa shape index (κ1) is 14.0. The summed E-state index contributed by atoms with van der Waals surface area (Å²) in [6.45, 7) is 0. The molecule has 5 heteroatoms. The maximum atomic E-state index is 12.2. The van der Waals surface area contributed by atoms with Gasteiger partial charge in [0.15, 0.2) is 0 Å². The molecule has 2 heterocycles. The molecule has 0 bridgehead atoms. The summed E-state index contributed by atoms with van der Waals surface area (Å²) in [6.07, 6.45) is 3.26. The third kappa shape index (κ3) is 3.57. The average molecular weight is 305 g/mol. The van der Waals surface area contributed by atoms with E-state index in [1.807, 2.05) is 17.5 Å². The highest BCUT2D eigenvalue weighted by atomic mass is 32.1. The number of thiazole rings is 1. The van der Waals surface area contributed by atoms with E-state index in [4.69, 9.17) is 0 Å². The van der Waals surface area contributed by atoms with Crippen LogP contribution < -0.4 is 5.32 Å². The van der Waals surface area contributed by atoms with Crippen molar-refractivity contribution >= 4 is 22.9 Å². The predicted molar refractivity (Wildman–Crippen MR) is 86.7 cm³/mol. The predicted octanol–water partition coefficient (Wildman–Crippen LogP) is 3.19. The van der Waals surface area contributed by atoms with Gasteiger partial charge >= 0.3 is 0 Å². The van der Waals surface area contributed by atoms with Gasteiger partial charge in [-0.25, -0.2) is 4.98 Å². The Bertz CT molecular complexity index is 833. The van der Waals surface area contributed by atoms with Gasteiger partial charge in [-0.3, -0.25) is 9.78 Å². The number of pyridine rings is 1. The van der Waals surface area contributed by atoms with Gasteiger partial charge in [-0.2, -0.15) is 0 Å². The van der Waals surface area contributed by atoms with Crippen molar-refractivity contribution in [3.8, 4) is 11.8 Å². The van der Waals surface area contributed by atoms with Crippen LogP contribution in [-0.4, -0.2) is 15.9 Å². The molecule has 1 N–H and O–H groups in total. The zero-order chi connectivity index (χ0) is 15.2. The SMILES string of the molecule is O=C(Nc1cccnc1)c1cccc(C#Cc2cscn2)c1. The number of rotatable bonds is 2. The molecule has 1 amide bonds. The number of amides is 1. The second-order valence-electron chi connectivity index (χ2n) is 4.40. The number of anilines is 1. The lowest BCUT2D eigenvalue weighted by molar-refractivity contribution is 0.102. The molecular formula is C17H11N3OS. The van der Waals surface area contributed by atoms with E-state index in [-0.39, 0.29) is 5.91 Å². The summed E-state index contributed by atoms with van der Waals surface area (Å²) in [6, 6.07) is 10.7. The maximum Gasteiger partial charge on any atom is 0.255 e. The molecule has 0 saturated carbocycles. The summed E-state index contributed by atoms with van der Waals surface area (Å²) < 4.78 is 0. The Morgan fingerprint density at radius 1 is 1.18 bits per heavy atom. The maximum absolute atomic E-state index is 12.2. The van der Waals surface area contributed by atoms with Gasteiger partial charge in [-0.05, 0) is 36.3 Å². The molecule has 106 valence electrons. The fraction of sp³-hybridized carbons (Fsp3) is 0. The number of nitrogens with one attached hydrogen (secondary N) is 1. The van der Waals surface area contributed by atoms with Crippen LogP contribution in [0.4, 0.5) is 5.69 Å². The van der Waals surface area contributed by atoms with Gasteiger partial charge in [0.25, 0.3) is 5.91 Å². The van der Waals surface area contributed by atoms with E-state index in [0.29, 0.717) is 11.3 Å². The third-order valence-electron chi connectivity index (χ3n) is 2.81. The van der Waals surface area contributed by atoms with Crippen molar-refractivity contribution in [2.45, 2.75) is 0 Å². The molecule has 22 heavy (non-hydrogen) atoms. The van der Waals surface area contributed by atoms with Crippen LogP contribution in [0.3, 0.4) is 0 Å². The summed E-state index contributed by atoms with van der Waals surface area (Å²) in [5.41, 5.74) is 4.45. The second-order valence-corrected chi connectivity index (χ2v) is 5.12. The molecule has 0 atom stereocenters. The Morgan fingerprint density at radius 2 is 2.14 bits per heavy atom. The summed E-state index contributed by atoms with van der Waals surface area (Å²) in [4.78, 5) is 20.3. The van der Waals surface area contributed by atoms with Gasteiger partial charge in [0, 0.05) is 22.7 Å². The van der Waals surface area contributed by atoms with Crippen LogP contribution in [0.5, 0.6) is 0 Å². The Morgan fingerprint density at radius 3 is 2.91 bits per heavy atom. The number of benzene rings is 1. The lowest BCUT2D eigenvalue weighted by Gasteiger charge is -2.04. The first-order valence-corrected chi connectivity index (χ1v) is 7.47. The lowest BCUT2D eigenvalue weighted by atomic mass is 10.1. The van der Waals surface area contributed by atoms with Gasteiger partial charge in [0.2, 0.25) is 0 Å². The number of hydrogen-bond donors (Lipinski definition) is 1. The average Bonchev–Trinajstić information content (AvgIpc) is 3.08. The van der Waals surface area contributed by atoms with E-state index in [1.54, 1.807) is 42.2 Å². The Hall–Kier alpha value is -2.97. The van der Waals surface area contributed by atoms with Crippen molar-refractivity contribution in [1.82, 2.24) is 9.97 Å². The zero-order valence-corrected chi connectivity index (χ0v) is 12.3. The van der Waals surface area contributed by atoms with Crippen LogP contribution in [0.1, 0.15) is 21.6 Å². The van der Waals surface area contributed by atoms with E-state index in [2.05, 4.69) is 27.1 Å². The van der Waals surface area contributed by atoms with Crippen molar-refractivity contribution in [3.63, 3.8) is 0 Å². The Kier molecular flexibility index (Phi) is 4.23. The molecule has 0 aliphatic rings. The monoisotopic (exact) mass is 305 g/mol. The highest BCUT2D eigenvalue weighted by Crippen LogP contribution is 2.09. The van der Waals surface area contributed by atoms with Crippen molar-refractivity contribution in [1.29, 1.82) is 0 Å². The Labute approximate surface area is 131 Å². The summed E-state index contributed by atoms with van der Waals surface area (Å²) >= 11 is 1.50. The number of nitrogens with zero attached hydrogens (tertiary/aromatic N) is 2. The Balaban J connectivity index is 1.77. The van der Waals surface area contributed by atoms with Crippen LogP contribution in [-0.2, 0) is 0 Å². The van der Waals surface area contributed by atoms with E-state index in [9.17, 15) is 4.79 Å². The molecule has 2 aromatic heterocycles. The van der Waals surface area contributed by atoms with E-state index in [0.717, 1.165) is 11.3 Å². The van der Waals surface area contributed by atoms with Gasteiger partial charge < -0.3 is 5.32 Å². The van der Waals surface area contributed by atoms with Gasteiger partial charge in [-0.1, -0.05) is 12.0 Å². The molecular weight excluding hydrogens is 294 g/mol. The highest BCUT2D eigenvalue weighted by Gasteiger charge is 2.06. The normalized spacial score (nSPS) is 9.64. The quantitative estimate of drug-likeness (QED) is 0.740. The molecule has 0 radical (unpaired) electrons. The molecule has 4 nitrogen and oxygen atoms in total. The van der Waals surface area contributed by atoms with Gasteiger partial charge in [0.1, 0.15) is 5.69 Å². The van der Waals surface area contributed by atoms with Crippen LogP contribution >= 0.6 is 11.3 Å². The van der Waals surface area contributed by atoms with Crippen LogP contribution in [0, 0.1) is 11.8 Å². The number of carbonyl (C=O) groups excluding carboxylic acids is 1. The van der Waals surface area contributed by atoms with Gasteiger partial charge in [0.05, 0.1) is 17.4 Å². The van der Waals surface area contributed by atoms with Crippen LogP contribution in [0.15, 0.2) is 59.7 Å². The summed E-state index contributed by atoms with van der Waals surface area (Å²) in [5.74, 6) is 5.78. The number of aromatic nitrogens is 2. The molecule has 3 aromatic rings. The highest BCUT2D eigenvalue weighted by molar-refractivity contribution is 7.07. The van der Waals surface area contributed by atoms with Crippen molar-refractivity contribution in [2.24, 2.45) is 0 Å². The van der Waals surface area contributed by atoms with E-state index >= 15 is 0 Å². The van der Waals surface area contributed by atoms with Crippen molar-refractivity contribution in [2.75, 3.05) is 5.32 Å². The van der Waals surface area contributed by atoms with Gasteiger partial charge in [-0.15, -0.1) is 11.3 Å². The minimum atomic E-state index is -0.190. The first-order valence-electron chi connectivity index (χ1n) is 6.53. The molecule has 0 spiro atoms. The number of carbonyl (C=O) groups is 1. The minimum absolute atomic E-state index is 0.190. The molecule has 3 rings (SSSR count). The van der Waals surface area contributed by atoms with E-state index < -0.39 is 0 Å². The molecule has 0 aliphatic carbocycles. The van der Waals surface area contributed by atoms with Crippen LogP contribution in [0.25, 0.3) is 0 Å². The van der Waals surface area contributed by atoms with E-state index in [1.165, 1.54) is 11.3 Å². The molecule has 0 aliphatic heterocycles. The fourth-order valence-corrected chi connectivity index (χ4v) is 2.27. The molecule has 0 fully saturated rings. The molecule has 0 unspecified atom stereocenters.